The van der Waals surface area contributed by atoms with Gasteiger partial charge in [-0.2, -0.15) is 0 Å². The van der Waals surface area contributed by atoms with Crippen LogP contribution >= 0.6 is 0 Å². The Morgan fingerprint density at radius 1 is 0.909 bits per heavy atom. The summed E-state index contributed by atoms with van der Waals surface area (Å²) < 4.78 is 2.72. The Morgan fingerprint density at radius 2 is 1.45 bits per heavy atom. The summed E-state index contributed by atoms with van der Waals surface area (Å²) in [5.41, 5.74) is -0.633. The van der Waals surface area contributed by atoms with Crippen molar-refractivity contribution in [1.29, 1.82) is 0 Å². The Morgan fingerprint density at radius 3 is 2.00 bits per heavy atom. The van der Waals surface area contributed by atoms with E-state index in [1.165, 1.54) is 28.3 Å². The maximum Gasteiger partial charge on any atom is 0.330 e. The molecular formula is C16H24N2O4. The predicted octanol–water partition coefficient (Wildman–Crippen LogP) is 1.53. The first-order chi connectivity index (χ1) is 10.4. The summed E-state index contributed by atoms with van der Waals surface area (Å²) in [5.74, 6) is 0.256. The Balaban J connectivity index is 2.63. The highest BCUT2D eigenvalue weighted by Crippen LogP contribution is 1.99. The summed E-state index contributed by atoms with van der Waals surface area (Å²) in [6, 6.07) is 1.39. The zero-order valence-corrected chi connectivity index (χ0v) is 13.3. The van der Waals surface area contributed by atoms with Crippen molar-refractivity contribution >= 4 is 11.6 Å². The molecule has 0 unspecified atom stereocenters. The Hall–Kier alpha value is -1.98. The van der Waals surface area contributed by atoms with E-state index < -0.39 is 0 Å². The van der Waals surface area contributed by atoms with Crippen LogP contribution in [0.2, 0.25) is 0 Å². The summed E-state index contributed by atoms with van der Waals surface area (Å²) in [7, 11) is 0. The van der Waals surface area contributed by atoms with Crippen LogP contribution in [0, 0.1) is 0 Å². The number of hydrogen-bond donors (Lipinski definition) is 0. The van der Waals surface area contributed by atoms with Gasteiger partial charge in [-0.05, 0) is 39.5 Å². The van der Waals surface area contributed by atoms with Crippen molar-refractivity contribution < 1.29 is 9.59 Å². The fourth-order valence-electron chi connectivity index (χ4n) is 2.23. The zero-order valence-electron chi connectivity index (χ0n) is 13.3. The molecule has 1 heterocycles. The third-order valence-corrected chi connectivity index (χ3v) is 3.48. The van der Waals surface area contributed by atoms with Gasteiger partial charge >= 0.3 is 5.69 Å². The predicted molar refractivity (Wildman–Crippen MR) is 84.0 cm³/mol. The van der Waals surface area contributed by atoms with Crippen LogP contribution in [0.4, 0.5) is 0 Å². The lowest BCUT2D eigenvalue weighted by Crippen LogP contribution is -2.39. The van der Waals surface area contributed by atoms with Gasteiger partial charge in [0.1, 0.15) is 11.6 Å². The van der Waals surface area contributed by atoms with Crippen molar-refractivity contribution in [3.63, 3.8) is 0 Å². The highest BCUT2D eigenvalue weighted by Gasteiger charge is 2.05. The van der Waals surface area contributed by atoms with Crippen LogP contribution in [0.15, 0.2) is 21.9 Å². The minimum Gasteiger partial charge on any atom is -0.300 e. The van der Waals surface area contributed by atoms with E-state index in [4.69, 9.17) is 0 Å². The standard InChI is InChI=1S/C16H24N2O4/c1-13(19)7-3-5-10-17-12-9-15(21)18(16(17)22)11-6-4-8-14(2)20/h9,12H,3-8,10-11H2,1-2H3. The molecule has 0 aliphatic carbocycles. The molecular weight excluding hydrogens is 284 g/mol. The lowest BCUT2D eigenvalue weighted by molar-refractivity contribution is -0.117. The second-order valence-electron chi connectivity index (χ2n) is 5.60. The molecule has 0 amide bonds. The van der Waals surface area contributed by atoms with Gasteiger partial charge in [-0.3, -0.25) is 9.36 Å². The van der Waals surface area contributed by atoms with Gasteiger partial charge in [0.2, 0.25) is 0 Å². The van der Waals surface area contributed by atoms with Crippen molar-refractivity contribution in [1.82, 2.24) is 9.13 Å². The van der Waals surface area contributed by atoms with Crippen LogP contribution in [0.3, 0.4) is 0 Å². The second kappa shape index (κ2) is 9.12. The minimum atomic E-state index is -0.321. The van der Waals surface area contributed by atoms with Crippen LogP contribution in [0.1, 0.15) is 52.4 Å². The number of aryl methyl sites for hydroxylation is 1. The molecule has 6 nitrogen and oxygen atoms in total. The molecule has 0 aromatic carbocycles. The van der Waals surface area contributed by atoms with Crippen LogP contribution in [-0.2, 0) is 22.7 Å². The maximum atomic E-state index is 12.2. The van der Waals surface area contributed by atoms with Crippen molar-refractivity contribution in [2.45, 2.75) is 65.5 Å². The summed E-state index contributed by atoms with van der Waals surface area (Å²) in [4.78, 5) is 45.8. The quantitative estimate of drug-likeness (QED) is 0.614. The van der Waals surface area contributed by atoms with E-state index in [1.807, 2.05) is 0 Å². The van der Waals surface area contributed by atoms with Crippen LogP contribution in [0.5, 0.6) is 0 Å². The van der Waals surface area contributed by atoms with E-state index in [0.29, 0.717) is 38.8 Å². The topological polar surface area (TPSA) is 78.1 Å². The molecule has 0 fully saturated rings. The molecule has 0 aliphatic rings. The van der Waals surface area contributed by atoms with Gasteiger partial charge in [0.25, 0.3) is 5.56 Å². The maximum absolute atomic E-state index is 12.2. The van der Waals surface area contributed by atoms with Gasteiger partial charge in [0.05, 0.1) is 0 Å². The fourth-order valence-corrected chi connectivity index (χ4v) is 2.23. The monoisotopic (exact) mass is 308 g/mol. The lowest BCUT2D eigenvalue weighted by Gasteiger charge is -2.09. The number of hydrogen-bond acceptors (Lipinski definition) is 4. The van der Waals surface area contributed by atoms with Crippen molar-refractivity contribution in [2.75, 3.05) is 0 Å². The number of ketones is 2. The molecule has 0 radical (unpaired) electrons. The highest BCUT2D eigenvalue weighted by atomic mass is 16.2. The summed E-state index contributed by atoms with van der Waals surface area (Å²) in [5, 5.41) is 0. The first-order valence-electron chi connectivity index (χ1n) is 7.71. The minimum absolute atomic E-state index is 0.114. The molecule has 6 heteroatoms. The van der Waals surface area contributed by atoms with Crippen molar-refractivity contribution in [3.05, 3.63) is 33.1 Å². The number of rotatable bonds is 10. The number of aromatic nitrogens is 2. The molecule has 0 saturated heterocycles. The smallest absolute Gasteiger partial charge is 0.300 e. The number of carbonyl (C=O) groups excluding carboxylic acids is 2. The van der Waals surface area contributed by atoms with E-state index >= 15 is 0 Å². The third kappa shape index (κ3) is 6.20. The molecule has 0 saturated carbocycles. The first-order valence-corrected chi connectivity index (χ1v) is 7.71. The third-order valence-electron chi connectivity index (χ3n) is 3.48. The van der Waals surface area contributed by atoms with Crippen molar-refractivity contribution in [3.8, 4) is 0 Å². The zero-order chi connectivity index (χ0) is 16.5. The van der Waals surface area contributed by atoms with E-state index in [9.17, 15) is 19.2 Å². The average Bonchev–Trinajstić information content (AvgIpc) is 2.44. The molecule has 122 valence electrons. The molecule has 0 N–H and O–H groups in total. The van der Waals surface area contributed by atoms with Gasteiger partial charge in [0, 0.05) is 38.2 Å². The van der Waals surface area contributed by atoms with E-state index in [0.717, 1.165) is 12.8 Å². The second-order valence-corrected chi connectivity index (χ2v) is 5.60. The average molecular weight is 308 g/mol. The number of Topliss-reactive ketones (excluding diaryl/α,β-unsaturated/α-hetero) is 2. The van der Waals surface area contributed by atoms with Gasteiger partial charge in [-0.15, -0.1) is 0 Å². The summed E-state index contributed by atoms with van der Waals surface area (Å²) >= 11 is 0. The molecule has 0 bridgehead atoms. The molecule has 0 atom stereocenters. The van der Waals surface area contributed by atoms with Crippen molar-refractivity contribution in [2.24, 2.45) is 0 Å². The molecule has 0 aliphatic heterocycles. The fraction of sp³-hybridized carbons (Fsp3) is 0.625. The van der Waals surface area contributed by atoms with E-state index in [2.05, 4.69) is 0 Å². The number of unbranched alkanes of at least 4 members (excludes halogenated alkanes) is 2. The Labute approximate surface area is 129 Å². The highest BCUT2D eigenvalue weighted by molar-refractivity contribution is 5.75. The van der Waals surface area contributed by atoms with Gasteiger partial charge < -0.3 is 14.2 Å². The lowest BCUT2D eigenvalue weighted by atomic mass is 10.2. The largest absolute Gasteiger partial charge is 0.330 e. The van der Waals surface area contributed by atoms with E-state index in [-0.39, 0.29) is 22.8 Å². The van der Waals surface area contributed by atoms with Crippen LogP contribution in [-0.4, -0.2) is 20.7 Å². The molecule has 1 rings (SSSR count). The van der Waals surface area contributed by atoms with Crippen LogP contribution < -0.4 is 11.2 Å². The van der Waals surface area contributed by atoms with Gasteiger partial charge in [0.15, 0.2) is 0 Å². The normalized spacial score (nSPS) is 10.6. The summed E-state index contributed by atoms with van der Waals surface area (Å²) in [6.45, 7) is 3.91. The van der Waals surface area contributed by atoms with Gasteiger partial charge in [-0.1, -0.05) is 0 Å². The Kier molecular flexibility index (Phi) is 7.49. The first kappa shape index (κ1) is 18.1. The Bertz CT molecular complexity index is 628. The molecule has 0 spiro atoms. The number of nitrogens with zero attached hydrogens (tertiary/aromatic N) is 2. The molecule has 1 aromatic heterocycles. The summed E-state index contributed by atoms with van der Waals surface area (Å²) in [6.07, 6.45) is 5.25. The van der Waals surface area contributed by atoms with Gasteiger partial charge in [-0.25, -0.2) is 4.79 Å². The molecule has 1 aromatic rings. The SMILES string of the molecule is CC(=O)CCCCn1ccc(=O)n(CCCCC(C)=O)c1=O. The van der Waals surface area contributed by atoms with E-state index in [1.54, 1.807) is 6.92 Å². The number of carbonyl (C=O) groups is 2. The molecule has 22 heavy (non-hydrogen) atoms. The van der Waals surface area contributed by atoms with Crippen LogP contribution in [0.25, 0.3) is 0 Å².